The molecule has 2 atom stereocenters. The number of hydrogen-bond acceptors (Lipinski definition) is 9. The first-order valence-corrected chi connectivity index (χ1v) is 12.6. The molecular formula is C27H28F2N6O5. The van der Waals surface area contributed by atoms with E-state index in [0.29, 0.717) is 30.2 Å². The van der Waals surface area contributed by atoms with E-state index in [2.05, 4.69) is 25.1 Å². The largest absolute Gasteiger partial charge is 0.497 e. The van der Waals surface area contributed by atoms with Gasteiger partial charge in [0.2, 0.25) is 5.95 Å². The average molecular weight is 555 g/mol. The summed E-state index contributed by atoms with van der Waals surface area (Å²) in [6, 6.07) is 7.08. The molecule has 40 heavy (non-hydrogen) atoms. The third-order valence-corrected chi connectivity index (χ3v) is 7.11. The molecule has 5 rings (SSSR count). The van der Waals surface area contributed by atoms with Crippen LogP contribution in [0.5, 0.6) is 11.5 Å². The van der Waals surface area contributed by atoms with Gasteiger partial charge in [0.25, 0.3) is 0 Å². The van der Waals surface area contributed by atoms with Crippen molar-refractivity contribution < 1.29 is 32.6 Å². The van der Waals surface area contributed by atoms with Crippen LogP contribution in [-0.2, 0) is 20.9 Å². The molecule has 1 N–H and O–H groups in total. The molecule has 2 aromatic carbocycles. The molecule has 1 fully saturated rings. The van der Waals surface area contributed by atoms with Gasteiger partial charge in [-0.05, 0) is 38.0 Å². The highest BCUT2D eigenvalue weighted by atomic mass is 19.1. The minimum absolute atomic E-state index is 0.0724. The van der Waals surface area contributed by atoms with Crippen LogP contribution in [0, 0.1) is 11.6 Å². The van der Waals surface area contributed by atoms with Crippen molar-refractivity contribution in [1.82, 2.24) is 24.5 Å². The molecule has 0 spiro atoms. The molecule has 1 aliphatic heterocycles. The maximum atomic E-state index is 14.9. The molecule has 11 nitrogen and oxygen atoms in total. The van der Waals surface area contributed by atoms with Crippen molar-refractivity contribution in [2.45, 2.75) is 38.3 Å². The van der Waals surface area contributed by atoms with E-state index in [4.69, 9.17) is 9.47 Å². The number of methoxy groups -OCH3 is 3. The van der Waals surface area contributed by atoms with Gasteiger partial charge in [0.1, 0.15) is 22.8 Å². The van der Waals surface area contributed by atoms with Crippen LogP contribution in [0.4, 0.5) is 14.7 Å². The molecule has 0 aliphatic carbocycles. The van der Waals surface area contributed by atoms with E-state index in [-0.39, 0.29) is 47.5 Å². The molecule has 2 aromatic heterocycles. The van der Waals surface area contributed by atoms with Gasteiger partial charge >= 0.3 is 11.9 Å². The average Bonchev–Trinajstić information content (AvgIpc) is 3.41. The van der Waals surface area contributed by atoms with Crippen molar-refractivity contribution in [3.05, 3.63) is 53.4 Å². The summed E-state index contributed by atoms with van der Waals surface area (Å²) >= 11 is 0. The Morgan fingerprint density at radius 1 is 1.07 bits per heavy atom. The highest BCUT2D eigenvalue weighted by Gasteiger charge is 2.35. The first-order chi connectivity index (χ1) is 19.2. The quantitative estimate of drug-likeness (QED) is 0.282. The Bertz CT molecular complexity index is 1610. The lowest BCUT2D eigenvalue weighted by atomic mass is 9.93. The molecule has 4 aromatic rings. The third kappa shape index (κ3) is 4.94. The number of benzene rings is 2. The van der Waals surface area contributed by atoms with E-state index in [1.165, 1.54) is 16.5 Å². The Balaban J connectivity index is 1.55. The van der Waals surface area contributed by atoms with Crippen LogP contribution in [-0.4, -0.2) is 70.3 Å². The zero-order chi connectivity index (χ0) is 28.6. The van der Waals surface area contributed by atoms with E-state index < -0.39 is 23.5 Å². The Morgan fingerprint density at radius 3 is 2.60 bits per heavy atom. The predicted molar refractivity (Wildman–Crippen MR) is 140 cm³/mol. The number of aromatic nitrogens is 4. The number of hydrogen-bond donors (Lipinski definition) is 1. The zero-order valence-corrected chi connectivity index (χ0v) is 22.4. The summed E-state index contributed by atoms with van der Waals surface area (Å²) in [5, 5.41) is 7.96. The maximum absolute atomic E-state index is 14.9. The van der Waals surface area contributed by atoms with E-state index in [0.717, 1.165) is 24.8 Å². The Hall–Kier alpha value is -4.55. The number of carbonyl (C=O) groups is 2. The summed E-state index contributed by atoms with van der Waals surface area (Å²) in [7, 11) is 4.25. The highest BCUT2D eigenvalue weighted by molar-refractivity contribution is 6.32. The molecule has 0 radical (unpaired) electrons. The molecule has 0 saturated carbocycles. The van der Waals surface area contributed by atoms with Crippen LogP contribution in [0.2, 0.25) is 0 Å². The van der Waals surface area contributed by atoms with Crippen molar-refractivity contribution >= 4 is 34.4 Å². The van der Waals surface area contributed by atoms with Crippen LogP contribution in [0.25, 0.3) is 16.6 Å². The van der Waals surface area contributed by atoms with E-state index in [9.17, 15) is 18.4 Å². The van der Waals surface area contributed by atoms with Gasteiger partial charge in [-0.2, -0.15) is 4.52 Å². The molecule has 0 bridgehead atoms. The number of halogens is 2. The summed E-state index contributed by atoms with van der Waals surface area (Å²) < 4.78 is 45.8. The fourth-order valence-corrected chi connectivity index (χ4v) is 4.92. The second-order valence-corrected chi connectivity index (χ2v) is 9.53. The van der Waals surface area contributed by atoms with Crippen molar-refractivity contribution in [2.24, 2.45) is 0 Å². The van der Waals surface area contributed by atoms with Crippen LogP contribution >= 0.6 is 0 Å². The topological polar surface area (TPSA) is 120 Å². The van der Waals surface area contributed by atoms with Crippen molar-refractivity contribution in [3.63, 3.8) is 0 Å². The van der Waals surface area contributed by atoms with E-state index >= 15 is 0 Å². The normalized spacial score (nSPS) is 17.2. The second kappa shape index (κ2) is 10.9. The Morgan fingerprint density at radius 2 is 1.88 bits per heavy atom. The highest BCUT2D eigenvalue weighted by Crippen LogP contribution is 2.32. The number of piperidine rings is 1. The number of fused-ring (bicyclic) bond motifs is 3. The molecule has 13 heteroatoms. The number of likely N-dealkylation sites (tertiary alicyclic amines) is 1. The number of nitrogens with zero attached hydrogens (tertiary/aromatic N) is 5. The first kappa shape index (κ1) is 27.0. The number of anilines is 1. The third-order valence-electron chi connectivity index (χ3n) is 7.11. The molecule has 1 amide bonds. The standard InChI is InChI=1S/C27H28F2N6O5/c1-14-5-6-16(13-34(14)25(36)26(37)40-4)23-32-24-19-9-17(28)10-20(29)22(19)31-27(35(24)33-23)30-12-15-7-8-18(38-2)11-21(15)39-3/h7-11,14,16H,5-6,12-13H2,1-4H3,(H,30,31)/t14-,16+/m0/s1. The molecule has 0 unspecified atom stereocenters. The molecule has 1 aliphatic rings. The van der Waals surface area contributed by atoms with Crippen LogP contribution in [0.3, 0.4) is 0 Å². The van der Waals surface area contributed by atoms with Gasteiger partial charge in [-0.15, -0.1) is 5.10 Å². The van der Waals surface area contributed by atoms with Gasteiger partial charge in [0, 0.05) is 42.7 Å². The SMILES string of the molecule is COC(=O)C(=O)N1C[C@H](c2nc3c4cc(F)cc(F)c4nc(NCc4ccc(OC)cc4OC)n3n2)CC[C@@H]1C. The van der Waals surface area contributed by atoms with Gasteiger partial charge in [-0.3, -0.25) is 4.79 Å². The second-order valence-electron chi connectivity index (χ2n) is 9.53. The molecule has 1 saturated heterocycles. The van der Waals surface area contributed by atoms with Crippen LogP contribution < -0.4 is 14.8 Å². The smallest absolute Gasteiger partial charge is 0.396 e. The lowest BCUT2D eigenvalue weighted by Crippen LogP contribution is -2.48. The minimum atomic E-state index is -0.947. The van der Waals surface area contributed by atoms with E-state index in [1.807, 2.05) is 13.0 Å². The monoisotopic (exact) mass is 554 g/mol. The van der Waals surface area contributed by atoms with Crippen molar-refractivity contribution in [3.8, 4) is 11.5 Å². The lowest BCUT2D eigenvalue weighted by Gasteiger charge is -2.36. The first-order valence-electron chi connectivity index (χ1n) is 12.6. The van der Waals surface area contributed by atoms with E-state index in [1.54, 1.807) is 19.2 Å². The fourth-order valence-electron chi connectivity index (χ4n) is 4.92. The number of nitrogens with one attached hydrogen (secondary N) is 1. The summed E-state index contributed by atoms with van der Waals surface area (Å²) in [6.07, 6.45) is 1.25. The van der Waals surface area contributed by atoms with Gasteiger partial charge < -0.3 is 24.4 Å². The molecular weight excluding hydrogens is 526 g/mol. The van der Waals surface area contributed by atoms with Crippen LogP contribution in [0.15, 0.2) is 30.3 Å². The number of ether oxygens (including phenoxy) is 3. The molecule has 210 valence electrons. The van der Waals surface area contributed by atoms with Gasteiger partial charge in [-0.1, -0.05) is 0 Å². The number of amides is 1. The minimum Gasteiger partial charge on any atom is -0.497 e. The van der Waals surface area contributed by atoms with Crippen molar-refractivity contribution in [1.29, 1.82) is 0 Å². The zero-order valence-electron chi connectivity index (χ0n) is 22.4. The fraction of sp³-hybridized carbons (Fsp3) is 0.370. The summed E-state index contributed by atoms with van der Waals surface area (Å²) in [5.41, 5.74) is 0.903. The van der Waals surface area contributed by atoms with Gasteiger partial charge in [0.15, 0.2) is 17.3 Å². The number of esters is 1. The summed E-state index contributed by atoms with van der Waals surface area (Å²) in [4.78, 5) is 35.0. The Labute approximate surface area is 228 Å². The summed E-state index contributed by atoms with van der Waals surface area (Å²) in [5.74, 6) is -1.90. The van der Waals surface area contributed by atoms with Crippen molar-refractivity contribution in [2.75, 3.05) is 33.2 Å². The molecule has 3 heterocycles. The number of carbonyl (C=O) groups excluding carboxylic acids is 2. The van der Waals surface area contributed by atoms with Gasteiger partial charge in [-0.25, -0.2) is 23.5 Å². The Kier molecular flexibility index (Phi) is 7.37. The lowest BCUT2D eigenvalue weighted by molar-refractivity contribution is -0.160. The van der Waals surface area contributed by atoms with Gasteiger partial charge in [0.05, 0.1) is 26.7 Å². The predicted octanol–water partition coefficient (Wildman–Crippen LogP) is 3.45. The number of rotatable bonds is 6. The van der Waals surface area contributed by atoms with Crippen LogP contribution in [0.1, 0.15) is 37.1 Å². The maximum Gasteiger partial charge on any atom is 0.396 e. The summed E-state index contributed by atoms with van der Waals surface area (Å²) in [6.45, 7) is 2.28.